The van der Waals surface area contributed by atoms with Crippen molar-refractivity contribution in [3.8, 4) is 5.88 Å². The molecule has 0 bridgehead atoms. The molecule has 1 aromatic rings. The van der Waals surface area contributed by atoms with E-state index in [4.69, 9.17) is 9.84 Å². The zero-order chi connectivity index (χ0) is 14.5. The Morgan fingerprint density at radius 1 is 1.47 bits per heavy atom. The molecule has 0 saturated carbocycles. The second-order valence-electron chi connectivity index (χ2n) is 4.34. The largest absolute Gasteiger partial charge is 0.481 e. The quantitative estimate of drug-likeness (QED) is 0.672. The average Bonchev–Trinajstić information content (AvgIpc) is 2.34. The summed E-state index contributed by atoms with van der Waals surface area (Å²) in [5.41, 5.74) is -1.20. The number of carbonyl (C=O) groups is 2. The number of hydrogen-bond acceptors (Lipinski definition) is 5. The Kier molecular flexibility index (Phi) is 4.82. The topological polar surface area (TPSA) is 109 Å². The molecule has 0 aliphatic rings. The summed E-state index contributed by atoms with van der Waals surface area (Å²) >= 11 is 0. The van der Waals surface area contributed by atoms with Gasteiger partial charge in [-0.1, -0.05) is 0 Å². The average molecular weight is 268 g/mol. The lowest BCUT2D eigenvalue weighted by Gasteiger charge is -2.21. The fourth-order valence-electron chi connectivity index (χ4n) is 1.40. The zero-order valence-corrected chi connectivity index (χ0v) is 10.7. The molecule has 19 heavy (non-hydrogen) atoms. The highest BCUT2D eigenvalue weighted by molar-refractivity contribution is 5.93. The Balaban J connectivity index is 2.57. The van der Waals surface area contributed by atoms with Gasteiger partial charge in [-0.3, -0.25) is 9.59 Å². The van der Waals surface area contributed by atoms with Crippen molar-refractivity contribution >= 4 is 11.9 Å². The van der Waals surface area contributed by atoms with Crippen LogP contribution in [0.3, 0.4) is 0 Å². The van der Waals surface area contributed by atoms with Gasteiger partial charge in [-0.05, 0) is 13.0 Å². The molecule has 104 valence electrons. The van der Waals surface area contributed by atoms with Gasteiger partial charge >= 0.3 is 5.97 Å². The molecule has 1 unspecified atom stereocenters. The maximum Gasteiger partial charge on any atom is 0.306 e. The van der Waals surface area contributed by atoms with E-state index in [1.807, 2.05) is 0 Å². The van der Waals surface area contributed by atoms with Crippen molar-refractivity contribution in [2.75, 3.05) is 13.7 Å². The molecule has 3 N–H and O–H groups in total. The highest BCUT2D eigenvalue weighted by Crippen LogP contribution is 2.09. The molecule has 0 aromatic carbocycles. The minimum atomic E-state index is -1.50. The van der Waals surface area contributed by atoms with Crippen LogP contribution in [0, 0.1) is 0 Å². The lowest BCUT2D eigenvalue weighted by atomic mass is 10.0. The SMILES string of the molecule is COc1ccc(C(=O)NCC(C)(O)CC(=O)O)cn1. The Morgan fingerprint density at radius 3 is 2.63 bits per heavy atom. The summed E-state index contributed by atoms with van der Waals surface area (Å²) in [7, 11) is 1.46. The maximum absolute atomic E-state index is 11.7. The summed E-state index contributed by atoms with van der Waals surface area (Å²) in [5, 5.41) is 20.8. The zero-order valence-electron chi connectivity index (χ0n) is 10.7. The van der Waals surface area contributed by atoms with Gasteiger partial charge in [0.25, 0.3) is 5.91 Å². The number of aliphatic carboxylic acids is 1. The Hall–Kier alpha value is -2.15. The first-order valence-corrected chi connectivity index (χ1v) is 5.56. The van der Waals surface area contributed by atoms with E-state index in [0.717, 1.165) is 0 Å². The fraction of sp³-hybridized carbons (Fsp3) is 0.417. The first-order chi connectivity index (χ1) is 8.84. The van der Waals surface area contributed by atoms with Crippen molar-refractivity contribution in [1.82, 2.24) is 10.3 Å². The van der Waals surface area contributed by atoms with Crippen molar-refractivity contribution < 1.29 is 24.5 Å². The third-order valence-corrected chi connectivity index (χ3v) is 2.37. The number of carbonyl (C=O) groups excluding carboxylic acids is 1. The summed E-state index contributed by atoms with van der Waals surface area (Å²) < 4.78 is 4.86. The van der Waals surface area contributed by atoms with Gasteiger partial charge in [0, 0.05) is 18.8 Å². The molecule has 1 aromatic heterocycles. The Labute approximate surface area is 110 Å². The molecule has 7 nitrogen and oxygen atoms in total. The van der Waals surface area contributed by atoms with Gasteiger partial charge in [-0.25, -0.2) is 4.98 Å². The van der Waals surface area contributed by atoms with Crippen molar-refractivity contribution in [3.63, 3.8) is 0 Å². The van der Waals surface area contributed by atoms with E-state index in [0.29, 0.717) is 11.4 Å². The van der Waals surface area contributed by atoms with Gasteiger partial charge < -0.3 is 20.3 Å². The molecular formula is C12H16N2O5. The molecule has 0 saturated heterocycles. The van der Waals surface area contributed by atoms with E-state index in [1.54, 1.807) is 0 Å². The number of hydrogen-bond donors (Lipinski definition) is 3. The van der Waals surface area contributed by atoms with Crippen LogP contribution in [0.25, 0.3) is 0 Å². The molecule has 0 aliphatic heterocycles. The number of ether oxygens (including phenoxy) is 1. The number of nitrogens with one attached hydrogen (secondary N) is 1. The van der Waals surface area contributed by atoms with Crippen LogP contribution in [-0.2, 0) is 4.79 Å². The Morgan fingerprint density at radius 2 is 2.16 bits per heavy atom. The van der Waals surface area contributed by atoms with Crippen LogP contribution < -0.4 is 10.1 Å². The molecule has 1 heterocycles. The molecule has 1 rings (SSSR count). The van der Waals surface area contributed by atoms with E-state index >= 15 is 0 Å². The van der Waals surface area contributed by atoms with Crippen LogP contribution in [0.1, 0.15) is 23.7 Å². The number of carboxylic acids is 1. The van der Waals surface area contributed by atoms with Gasteiger partial charge in [0.05, 0.1) is 24.7 Å². The minimum Gasteiger partial charge on any atom is -0.481 e. The van der Waals surface area contributed by atoms with Gasteiger partial charge in [-0.15, -0.1) is 0 Å². The number of carboxylic acid groups (broad SMARTS) is 1. The summed E-state index contributed by atoms with van der Waals surface area (Å²) in [4.78, 5) is 26.1. The molecule has 0 aliphatic carbocycles. The van der Waals surface area contributed by atoms with Gasteiger partial charge in [-0.2, -0.15) is 0 Å². The first kappa shape index (κ1) is 14.9. The lowest BCUT2D eigenvalue weighted by molar-refractivity contribution is -0.141. The van der Waals surface area contributed by atoms with Crippen LogP contribution in [0.15, 0.2) is 18.3 Å². The molecule has 0 fully saturated rings. The van der Waals surface area contributed by atoms with Crippen molar-refractivity contribution in [3.05, 3.63) is 23.9 Å². The predicted octanol–water partition coefficient (Wildman–Crippen LogP) is 0.0457. The van der Waals surface area contributed by atoms with Crippen LogP contribution >= 0.6 is 0 Å². The summed E-state index contributed by atoms with van der Waals surface area (Å²) in [6, 6.07) is 3.05. The van der Waals surface area contributed by atoms with Crippen molar-refractivity contribution in [1.29, 1.82) is 0 Å². The minimum absolute atomic E-state index is 0.163. The van der Waals surface area contributed by atoms with Crippen LogP contribution in [-0.4, -0.2) is 46.3 Å². The van der Waals surface area contributed by atoms with Crippen LogP contribution in [0.4, 0.5) is 0 Å². The van der Waals surface area contributed by atoms with Crippen molar-refractivity contribution in [2.45, 2.75) is 18.9 Å². The van der Waals surface area contributed by atoms with Gasteiger partial charge in [0.2, 0.25) is 5.88 Å². The van der Waals surface area contributed by atoms with Gasteiger partial charge in [0.1, 0.15) is 0 Å². The molecule has 7 heteroatoms. The van der Waals surface area contributed by atoms with Gasteiger partial charge in [0.15, 0.2) is 0 Å². The molecule has 0 spiro atoms. The van der Waals surface area contributed by atoms with Crippen LogP contribution in [0.5, 0.6) is 5.88 Å². The standard InChI is InChI=1S/C12H16N2O5/c1-12(18,5-10(15)16)7-14-11(17)8-3-4-9(19-2)13-6-8/h3-4,6,18H,5,7H2,1-2H3,(H,14,17)(H,15,16). The third kappa shape index (κ3) is 4.92. The highest BCUT2D eigenvalue weighted by atomic mass is 16.5. The third-order valence-electron chi connectivity index (χ3n) is 2.37. The first-order valence-electron chi connectivity index (χ1n) is 5.56. The molecule has 0 radical (unpaired) electrons. The van der Waals surface area contributed by atoms with Crippen LogP contribution in [0.2, 0.25) is 0 Å². The number of pyridine rings is 1. The monoisotopic (exact) mass is 268 g/mol. The molecular weight excluding hydrogens is 252 g/mol. The summed E-state index contributed by atoms with van der Waals surface area (Å²) in [5.74, 6) is -1.19. The predicted molar refractivity (Wildman–Crippen MR) is 66.0 cm³/mol. The highest BCUT2D eigenvalue weighted by Gasteiger charge is 2.25. The number of aromatic nitrogens is 1. The number of methoxy groups -OCH3 is 1. The summed E-state index contributed by atoms with van der Waals surface area (Å²) in [6.07, 6.45) is 0.883. The second-order valence-corrected chi connectivity index (χ2v) is 4.34. The van der Waals surface area contributed by atoms with E-state index in [-0.39, 0.29) is 6.54 Å². The maximum atomic E-state index is 11.7. The van der Waals surface area contributed by atoms with E-state index in [9.17, 15) is 14.7 Å². The number of nitrogens with zero attached hydrogens (tertiary/aromatic N) is 1. The lowest BCUT2D eigenvalue weighted by Crippen LogP contribution is -2.42. The van der Waals surface area contributed by atoms with E-state index in [2.05, 4.69) is 10.3 Å². The molecule has 1 atom stereocenters. The number of amides is 1. The Bertz CT molecular complexity index is 456. The number of rotatable bonds is 6. The van der Waals surface area contributed by atoms with Crippen molar-refractivity contribution in [2.24, 2.45) is 0 Å². The normalized spacial score (nSPS) is 13.4. The fourth-order valence-corrected chi connectivity index (χ4v) is 1.40. The smallest absolute Gasteiger partial charge is 0.306 e. The van der Waals surface area contributed by atoms with E-state index < -0.39 is 23.9 Å². The summed E-state index contributed by atoms with van der Waals surface area (Å²) in [6.45, 7) is 1.18. The number of aliphatic hydroxyl groups is 1. The second kappa shape index (κ2) is 6.14. The molecule has 1 amide bonds. The van der Waals surface area contributed by atoms with E-state index in [1.165, 1.54) is 32.4 Å².